The normalized spacial score (nSPS) is 18.6. The van der Waals surface area contributed by atoms with Crippen LogP contribution in [0.4, 0.5) is 0 Å². The average molecular weight is 242 g/mol. The summed E-state index contributed by atoms with van der Waals surface area (Å²) >= 11 is 0. The minimum Gasteiger partial charge on any atom is -0.302 e. The fourth-order valence-electron chi connectivity index (χ4n) is 2.16. The molecule has 3 N–H and O–H groups in total. The summed E-state index contributed by atoms with van der Waals surface area (Å²) in [6.45, 7) is 6.87. The van der Waals surface area contributed by atoms with Gasteiger partial charge in [0, 0.05) is 25.6 Å². The maximum atomic E-state index is 11.0. The second kappa shape index (κ2) is 7.63. The van der Waals surface area contributed by atoms with Crippen LogP contribution in [-0.2, 0) is 4.79 Å². The fourth-order valence-corrected chi connectivity index (χ4v) is 2.16. The van der Waals surface area contributed by atoms with Crippen molar-refractivity contribution in [3.63, 3.8) is 0 Å². The maximum Gasteiger partial charge on any atom is 0.233 e. The molecule has 0 aromatic rings. The molecule has 1 aliphatic heterocycles. The molecule has 1 amide bonds. The Morgan fingerprint density at radius 1 is 1.47 bits per heavy atom. The first kappa shape index (κ1) is 14.4. The molecule has 0 radical (unpaired) electrons. The van der Waals surface area contributed by atoms with Crippen LogP contribution in [0.25, 0.3) is 0 Å². The molecular weight excluding hydrogens is 216 g/mol. The first-order valence-corrected chi connectivity index (χ1v) is 6.55. The Bertz CT molecular complexity index is 229. The molecule has 1 saturated heterocycles. The smallest absolute Gasteiger partial charge is 0.233 e. The Morgan fingerprint density at radius 2 is 2.12 bits per heavy atom. The molecule has 0 aromatic heterocycles. The highest BCUT2D eigenvalue weighted by Crippen LogP contribution is 2.08. The molecule has 1 unspecified atom stereocenters. The zero-order valence-corrected chi connectivity index (χ0v) is 11.1. The molecule has 1 heterocycles. The van der Waals surface area contributed by atoms with Gasteiger partial charge in [-0.15, -0.1) is 0 Å². The van der Waals surface area contributed by atoms with Crippen molar-refractivity contribution in [2.45, 2.75) is 38.6 Å². The van der Waals surface area contributed by atoms with E-state index in [9.17, 15) is 4.79 Å². The molecule has 5 heteroatoms. The minimum absolute atomic E-state index is 0.0789. The highest BCUT2D eigenvalue weighted by Gasteiger charge is 2.14. The standard InChI is InChI=1S/C12H26N4O/c1-11(5-6-12(17)14-13)15(2)9-10-16-7-3-4-8-16/h11H,3-10,13H2,1-2H3,(H,14,17). The average Bonchev–Trinajstić information content (AvgIpc) is 2.85. The van der Waals surface area contributed by atoms with Crippen LogP contribution in [0, 0.1) is 0 Å². The van der Waals surface area contributed by atoms with Gasteiger partial charge in [0.1, 0.15) is 0 Å². The quantitative estimate of drug-likeness (QED) is 0.380. The van der Waals surface area contributed by atoms with Crippen LogP contribution in [0.3, 0.4) is 0 Å². The largest absolute Gasteiger partial charge is 0.302 e. The number of hydrazine groups is 1. The van der Waals surface area contributed by atoms with Crippen LogP contribution >= 0.6 is 0 Å². The third kappa shape index (κ3) is 5.48. The molecule has 0 bridgehead atoms. The van der Waals surface area contributed by atoms with E-state index in [1.165, 1.54) is 25.9 Å². The van der Waals surface area contributed by atoms with Crippen molar-refractivity contribution >= 4 is 5.91 Å². The summed E-state index contributed by atoms with van der Waals surface area (Å²) in [6, 6.07) is 0.426. The van der Waals surface area contributed by atoms with Crippen LogP contribution in [-0.4, -0.2) is 55.0 Å². The Balaban J connectivity index is 2.12. The number of hydrogen-bond acceptors (Lipinski definition) is 4. The summed E-state index contributed by atoms with van der Waals surface area (Å²) in [5, 5.41) is 0. The molecule has 17 heavy (non-hydrogen) atoms. The van der Waals surface area contributed by atoms with Crippen molar-refractivity contribution in [1.29, 1.82) is 0 Å². The minimum atomic E-state index is -0.0789. The molecule has 0 aliphatic carbocycles. The molecule has 0 saturated carbocycles. The van der Waals surface area contributed by atoms with Gasteiger partial charge < -0.3 is 9.80 Å². The van der Waals surface area contributed by atoms with Gasteiger partial charge >= 0.3 is 0 Å². The summed E-state index contributed by atoms with van der Waals surface area (Å²) in [7, 11) is 2.13. The number of amides is 1. The molecule has 1 rings (SSSR count). The van der Waals surface area contributed by atoms with Gasteiger partial charge in [-0.3, -0.25) is 10.2 Å². The van der Waals surface area contributed by atoms with Crippen LogP contribution in [0.1, 0.15) is 32.6 Å². The number of hydrogen-bond donors (Lipinski definition) is 2. The fraction of sp³-hybridized carbons (Fsp3) is 0.917. The van der Waals surface area contributed by atoms with Gasteiger partial charge in [-0.05, 0) is 46.3 Å². The first-order chi connectivity index (χ1) is 8.13. The number of carbonyl (C=O) groups excluding carboxylic acids is 1. The zero-order valence-electron chi connectivity index (χ0n) is 11.1. The van der Waals surface area contributed by atoms with Gasteiger partial charge in [0.25, 0.3) is 0 Å². The molecule has 5 nitrogen and oxygen atoms in total. The van der Waals surface area contributed by atoms with E-state index >= 15 is 0 Å². The lowest BCUT2D eigenvalue weighted by Gasteiger charge is -2.26. The van der Waals surface area contributed by atoms with Crippen molar-refractivity contribution in [1.82, 2.24) is 15.2 Å². The number of nitrogens with one attached hydrogen (secondary N) is 1. The van der Waals surface area contributed by atoms with Crippen LogP contribution in [0.15, 0.2) is 0 Å². The van der Waals surface area contributed by atoms with Gasteiger partial charge in [0.15, 0.2) is 0 Å². The third-order valence-electron chi connectivity index (χ3n) is 3.67. The van der Waals surface area contributed by atoms with E-state index in [-0.39, 0.29) is 5.91 Å². The maximum absolute atomic E-state index is 11.0. The Kier molecular flexibility index (Phi) is 6.47. The molecule has 100 valence electrons. The molecule has 1 aliphatic rings. The van der Waals surface area contributed by atoms with E-state index in [1.807, 2.05) is 0 Å². The predicted molar refractivity (Wildman–Crippen MR) is 69.3 cm³/mol. The van der Waals surface area contributed by atoms with E-state index in [0.717, 1.165) is 19.5 Å². The number of nitrogens with zero attached hydrogens (tertiary/aromatic N) is 2. The summed E-state index contributed by atoms with van der Waals surface area (Å²) < 4.78 is 0. The molecule has 0 aromatic carbocycles. The summed E-state index contributed by atoms with van der Waals surface area (Å²) in [6.07, 6.45) is 4.05. The summed E-state index contributed by atoms with van der Waals surface area (Å²) in [5.74, 6) is 4.98. The summed E-state index contributed by atoms with van der Waals surface area (Å²) in [4.78, 5) is 15.9. The van der Waals surface area contributed by atoms with Crippen molar-refractivity contribution in [2.75, 3.05) is 33.2 Å². The van der Waals surface area contributed by atoms with Gasteiger partial charge in [0.2, 0.25) is 5.91 Å². The zero-order chi connectivity index (χ0) is 12.7. The van der Waals surface area contributed by atoms with E-state index < -0.39 is 0 Å². The van der Waals surface area contributed by atoms with Crippen molar-refractivity contribution < 1.29 is 4.79 Å². The third-order valence-corrected chi connectivity index (χ3v) is 3.67. The predicted octanol–water partition coefficient (Wildman–Crippen LogP) is 0.173. The van der Waals surface area contributed by atoms with Crippen molar-refractivity contribution in [3.05, 3.63) is 0 Å². The van der Waals surface area contributed by atoms with E-state index in [1.54, 1.807) is 0 Å². The SMILES string of the molecule is CC(CCC(=O)NN)N(C)CCN1CCCC1. The summed E-state index contributed by atoms with van der Waals surface area (Å²) in [5.41, 5.74) is 2.17. The topological polar surface area (TPSA) is 61.6 Å². The number of nitrogens with two attached hydrogens (primary N) is 1. The lowest BCUT2D eigenvalue weighted by Crippen LogP contribution is -2.37. The molecule has 0 spiro atoms. The van der Waals surface area contributed by atoms with Gasteiger partial charge in [-0.25, -0.2) is 5.84 Å². The number of likely N-dealkylation sites (N-methyl/N-ethyl adjacent to an activating group) is 1. The van der Waals surface area contributed by atoms with Crippen LogP contribution < -0.4 is 11.3 Å². The van der Waals surface area contributed by atoms with Gasteiger partial charge in [0.05, 0.1) is 0 Å². The second-order valence-electron chi connectivity index (χ2n) is 4.98. The Labute approximate surface area is 104 Å². The second-order valence-corrected chi connectivity index (χ2v) is 4.98. The lowest BCUT2D eigenvalue weighted by molar-refractivity contribution is -0.121. The lowest BCUT2D eigenvalue weighted by atomic mass is 10.1. The monoisotopic (exact) mass is 242 g/mol. The van der Waals surface area contributed by atoms with E-state index in [0.29, 0.717) is 12.5 Å². The highest BCUT2D eigenvalue weighted by atomic mass is 16.2. The highest BCUT2D eigenvalue weighted by molar-refractivity contribution is 5.75. The van der Waals surface area contributed by atoms with E-state index in [2.05, 4.69) is 29.2 Å². The number of likely N-dealkylation sites (tertiary alicyclic amines) is 1. The Morgan fingerprint density at radius 3 is 2.71 bits per heavy atom. The molecule has 1 atom stereocenters. The molecular formula is C12H26N4O. The van der Waals surface area contributed by atoms with E-state index in [4.69, 9.17) is 5.84 Å². The van der Waals surface area contributed by atoms with Crippen LogP contribution in [0.5, 0.6) is 0 Å². The van der Waals surface area contributed by atoms with Crippen molar-refractivity contribution in [3.8, 4) is 0 Å². The van der Waals surface area contributed by atoms with Gasteiger partial charge in [-0.1, -0.05) is 0 Å². The number of carbonyl (C=O) groups is 1. The molecule has 1 fully saturated rings. The van der Waals surface area contributed by atoms with Gasteiger partial charge in [-0.2, -0.15) is 0 Å². The van der Waals surface area contributed by atoms with Crippen LogP contribution in [0.2, 0.25) is 0 Å². The number of rotatable bonds is 7. The first-order valence-electron chi connectivity index (χ1n) is 6.55. The van der Waals surface area contributed by atoms with Crippen molar-refractivity contribution in [2.24, 2.45) is 5.84 Å². The Hall–Kier alpha value is -0.650.